The third-order valence-corrected chi connectivity index (χ3v) is 3.68. The Morgan fingerprint density at radius 1 is 1.35 bits per heavy atom. The zero-order valence-electron chi connectivity index (χ0n) is 9.31. The van der Waals surface area contributed by atoms with Crippen LogP contribution in [0.5, 0.6) is 0 Å². The third kappa shape index (κ3) is 1.96. The van der Waals surface area contributed by atoms with Crippen molar-refractivity contribution in [2.75, 3.05) is 36.8 Å². The standard InChI is InChI=1S/C10H12BN5S/c11-7-5-6-8(16-3-1-13-2-4-16)14-10(12)15-9(6)17-7/h5,13H,1-4H2,(H2,12,14,15). The number of fused-ring (bicyclic) bond motifs is 1. The molecule has 0 amide bonds. The van der Waals surface area contributed by atoms with E-state index in [9.17, 15) is 0 Å². The molecule has 0 bridgehead atoms. The van der Waals surface area contributed by atoms with Gasteiger partial charge in [-0.1, -0.05) is 0 Å². The molecule has 7 heteroatoms. The summed E-state index contributed by atoms with van der Waals surface area (Å²) in [4.78, 5) is 11.7. The van der Waals surface area contributed by atoms with Gasteiger partial charge in [-0.2, -0.15) is 4.98 Å². The maximum absolute atomic E-state index is 5.82. The average molecular weight is 245 g/mol. The Morgan fingerprint density at radius 2 is 2.12 bits per heavy atom. The quantitative estimate of drug-likeness (QED) is 0.661. The summed E-state index contributed by atoms with van der Waals surface area (Å²) < 4.78 is 0.747. The zero-order valence-corrected chi connectivity index (χ0v) is 10.1. The van der Waals surface area contributed by atoms with E-state index in [1.807, 2.05) is 6.07 Å². The van der Waals surface area contributed by atoms with Crippen molar-refractivity contribution in [3.8, 4) is 0 Å². The Bertz CT molecular complexity index is 549. The lowest BCUT2D eigenvalue weighted by molar-refractivity contribution is 0.586. The predicted octanol–water partition coefficient (Wildman–Crippen LogP) is -0.523. The van der Waals surface area contributed by atoms with E-state index in [1.54, 1.807) is 0 Å². The number of piperazine rings is 1. The summed E-state index contributed by atoms with van der Waals surface area (Å²) in [7, 11) is 5.82. The summed E-state index contributed by atoms with van der Waals surface area (Å²) in [5.74, 6) is 1.22. The highest BCUT2D eigenvalue weighted by Gasteiger charge is 2.17. The van der Waals surface area contributed by atoms with Crippen LogP contribution >= 0.6 is 11.3 Å². The van der Waals surface area contributed by atoms with Gasteiger partial charge in [0.1, 0.15) is 18.5 Å². The van der Waals surface area contributed by atoms with Gasteiger partial charge in [-0.05, 0) is 10.8 Å². The number of nitrogens with zero attached hydrogens (tertiary/aromatic N) is 3. The van der Waals surface area contributed by atoms with Gasteiger partial charge in [0.15, 0.2) is 0 Å². The second-order valence-electron chi connectivity index (χ2n) is 4.01. The van der Waals surface area contributed by atoms with Crippen LogP contribution < -0.4 is 20.7 Å². The van der Waals surface area contributed by atoms with E-state index in [4.69, 9.17) is 13.6 Å². The number of hydrogen-bond donors (Lipinski definition) is 2. The highest BCUT2D eigenvalue weighted by atomic mass is 32.1. The van der Waals surface area contributed by atoms with Crippen LogP contribution in [-0.4, -0.2) is 44.0 Å². The van der Waals surface area contributed by atoms with E-state index in [1.165, 1.54) is 11.3 Å². The minimum absolute atomic E-state index is 0.313. The normalized spacial score (nSPS) is 16.6. The van der Waals surface area contributed by atoms with Crippen molar-refractivity contribution in [1.82, 2.24) is 15.3 Å². The Kier molecular flexibility index (Phi) is 2.64. The number of nitrogens with one attached hydrogen (secondary N) is 1. The molecule has 3 rings (SSSR count). The molecule has 0 aromatic carbocycles. The first-order chi connectivity index (χ1) is 8.24. The smallest absolute Gasteiger partial charge is 0.223 e. The van der Waals surface area contributed by atoms with Crippen molar-refractivity contribution < 1.29 is 0 Å². The van der Waals surface area contributed by atoms with Crippen LogP contribution in [0.3, 0.4) is 0 Å². The average Bonchev–Trinajstić information content (AvgIpc) is 2.69. The Labute approximate surface area is 104 Å². The second-order valence-corrected chi connectivity index (χ2v) is 5.07. The summed E-state index contributed by atoms with van der Waals surface area (Å²) in [5.41, 5.74) is 5.74. The fourth-order valence-corrected chi connectivity index (χ4v) is 2.86. The van der Waals surface area contributed by atoms with Crippen LogP contribution in [0.4, 0.5) is 11.8 Å². The van der Waals surface area contributed by atoms with Crippen molar-refractivity contribution >= 4 is 45.9 Å². The van der Waals surface area contributed by atoms with Gasteiger partial charge in [0.05, 0.1) is 5.39 Å². The largest absolute Gasteiger partial charge is 0.368 e. The highest BCUT2D eigenvalue weighted by molar-refractivity contribution is 7.25. The molecular formula is C10H12BN5S. The maximum Gasteiger partial charge on any atom is 0.223 e. The van der Waals surface area contributed by atoms with Gasteiger partial charge in [0.25, 0.3) is 0 Å². The number of aromatic nitrogens is 2. The third-order valence-electron chi connectivity index (χ3n) is 2.83. The molecule has 3 heterocycles. The lowest BCUT2D eigenvalue weighted by atomic mass is 10.1. The monoisotopic (exact) mass is 245 g/mol. The number of nitrogen functional groups attached to an aromatic ring is 1. The predicted molar refractivity (Wildman–Crippen MR) is 72.3 cm³/mol. The topological polar surface area (TPSA) is 67.1 Å². The van der Waals surface area contributed by atoms with Gasteiger partial charge < -0.3 is 16.0 Å². The first kappa shape index (κ1) is 10.8. The molecule has 1 aliphatic rings. The number of rotatable bonds is 1. The van der Waals surface area contributed by atoms with Crippen LogP contribution in [0.1, 0.15) is 0 Å². The molecule has 0 atom stereocenters. The minimum atomic E-state index is 0.313. The van der Waals surface area contributed by atoms with Crippen LogP contribution in [-0.2, 0) is 0 Å². The van der Waals surface area contributed by atoms with E-state index < -0.39 is 0 Å². The molecule has 0 spiro atoms. The van der Waals surface area contributed by atoms with Crippen molar-refractivity contribution in [3.05, 3.63) is 6.07 Å². The first-order valence-corrected chi connectivity index (χ1v) is 6.34. The Balaban J connectivity index is 2.12. The number of anilines is 2. The van der Waals surface area contributed by atoms with Gasteiger partial charge in [-0.25, -0.2) is 4.98 Å². The van der Waals surface area contributed by atoms with Gasteiger partial charge in [0.2, 0.25) is 5.95 Å². The van der Waals surface area contributed by atoms with Gasteiger partial charge in [-0.3, -0.25) is 0 Å². The van der Waals surface area contributed by atoms with Gasteiger partial charge in [0, 0.05) is 26.2 Å². The fraction of sp³-hybridized carbons (Fsp3) is 0.400. The Hall–Kier alpha value is -1.34. The van der Waals surface area contributed by atoms with Crippen LogP contribution in [0.2, 0.25) is 0 Å². The van der Waals surface area contributed by atoms with E-state index in [0.717, 1.165) is 47.0 Å². The highest BCUT2D eigenvalue weighted by Crippen LogP contribution is 2.27. The molecule has 86 valence electrons. The SMILES string of the molecule is [B]c1cc2c(N3CCNCC3)nc(N)nc2s1. The van der Waals surface area contributed by atoms with Crippen molar-refractivity contribution in [2.45, 2.75) is 0 Å². The molecule has 17 heavy (non-hydrogen) atoms. The van der Waals surface area contributed by atoms with Crippen LogP contribution in [0.25, 0.3) is 10.2 Å². The summed E-state index contributed by atoms with van der Waals surface area (Å²) >= 11 is 1.45. The lowest BCUT2D eigenvalue weighted by Crippen LogP contribution is -2.44. The van der Waals surface area contributed by atoms with E-state index >= 15 is 0 Å². The van der Waals surface area contributed by atoms with Crippen molar-refractivity contribution in [1.29, 1.82) is 0 Å². The zero-order chi connectivity index (χ0) is 11.8. The maximum atomic E-state index is 5.82. The van der Waals surface area contributed by atoms with E-state index in [-0.39, 0.29) is 0 Å². The molecule has 0 aliphatic carbocycles. The summed E-state index contributed by atoms with van der Waals surface area (Å²) in [6.07, 6.45) is 0. The summed E-state index contributed by atoms with van der Waals surface area (Å²) in [6.45, 7) is 3.79. The number of hydrogen-bond acceptors (Lipinski definition) is 6. The summed E-state index contributed by atoms with van der Waals surface area (Å²) in [6, 6.07) is 1.93. The molecule has 0 saturated carbocycles. The molecule has 1 fully saturated rings. The molecule has 1 saturated heterocycles. The Morgan fingerprint density at radius 3 is 2.88 bits per heavy atom. The first-order valence-electron chi connectivity index (χ1n) is 5.52. The lowest BCUT2D eigenvalue weighted by Gasteiger charge is -2.28. The molecule has 5 nitrogen and oxygen atoms in total. The molecule has 2 aromatic rings. The molecule has 1 aliphatic heterocycles. The molecule has 2 radical (unpaired) electrons. The second kappa shape index (κ2) is 4.16. The van der Waals surface area contributed by atoms with Gasteiger partial charge >= 0.3 is 0 Å². The van der Waals surface area contributed by atoms with Gasteiger partial charge in [-0.15, -0.1) is 11.3 Å². The molecule has 2 aromatic heterocycles. The van der Waals surface area contributed by atoms with Crippen molar-refractivity contribution in [3.63, 3.8) is 0 Å². The molecule has 3 N–H and O–H groups in total. The number of nitrogens with two attached hydrogens (primary N) is 1. The molecule has 0 unspecified atom stereocenters. The minimum Gasteiger partial charge on any atom is -0.368 e. The number of thiophene rings is 1. The van der Waals surface area contributed by atoms with E-state index in [0.29, 0.717) is 5.95 Å². The molecular weight excluding hydrogens is 233 g/mol. The van der Waals surface area contributed by atoms with Crippen molar-refractivity contribution in [2.24, 2.45) is 0 Å². The van der Waals surface area contributed by atoms with Crippen LogP contribution in [0, 0.1) is 0 Å². The summed E-state index contributed by atoms with van der Waals surface area (Å²) in [5, 5.41) is 4.32. The van der Waals surface area contributed by atoms with Crippen LogP contribution in [0.15, 0.2) is 6.07 Å². The van der Waals surface area contributed by atoms with E-state index in [2.05, 4.69) is 20.2 Å². The fourth-order valence-electron chi connectivity index (χ4n) is 2.06.